The van der Waals surface area contributed by atoms with Crippen molar-refractivity contribution in [3.63, 3.8) is 0 Å². The number of benzene rings is 2. The normalized spacial score (nSPS) is 10.8. The van der Waals surface area contributed by atoms with E-state index in [-0.39, 0.29) is 30.0 Å². The van der Waals surface area contributed by atoms with Gasteiger partial charge in [0.2, 0.25) is 0 Å². The number of carbonyl (C=O) groups is 2. The molecule has 172 valence electrons. The molecule has 3 N–H and O–H groups in total. The maximum absolute atomic E-state index is 13.5. The molecule has 0 saturated heterocycles. The van der Waals surface area contributed by atoms with Crippen LogP contribution in [0.2, 0.25) is 0 Å². The van der Waals surface area contributed by atoms with E-state index in [1.165, 1.54) is 10.8 Å². The SMILES string of the molecule is O=C(O)CCNC(=O)c1ncc2c(cc(CCc3ccccc3)c(=O)n2-c2ccccc2)c1O. The lowest BCUT2D eigenvalue weighted by Gasteiger charge is -2.15. The minimum absolute atomic E-state index is 0.0981. The summed E-state index contributed by atoms with van der Waals surface area (Å²) >= 11 is 0. The zero-order chi connectivity index (χ0) is 24.1. The summed E-state index contributed by atoms with van der Waals surface area (Å²) in [5.74, 6) is -2.11. The Balaban J connectivity index is 1.81. The van der Waals surface area contributed by atoms with Crippen molar-refractivity contribution in [2.24, 2.45) is 0 Å². The second kappa shape index (κ2) is 9.99. The van der Waals surface area contributed by atoms with Crippen molar-refractivity contribution < 1.29 is 19.8 Å². The monoisotopic (exact) mass is 457 g/mol. The zero-order valence-corrected chi connectivity index (χ0v) is 18.3. The summed E-state index contributed by atoms with van der Waals surface area (Å²) in [6.07, 6.45) is 2.19. The fraction of sp³-hybridized carbons (Fsp3) is 0.154. The number of nitrogens with zero attached hydrogens (tertiary/aromatic N) is 2. The van der Waals surface area contributed by atoms with Gasteiger partial charge in [0, 0.05) is 23.2 Å². The third kappa shape index (κ3) is 4.80. The Hall–Kier alpha value is -4.46. The van der Waals surface area contributed by atoms with Crippen LogP contribution in [0.1, 0.15) is 28.0 Å². The zero-order valence-electron chi connectivity index (χ0n) is 18.3. The molecule has 1 amide bonds. The highest BCUT2D eigenvalue weighted by molar-refractivity contribution is 6.01. The van der Waals surface area contributed by atoms with Crippen molar-refractivity contribution in [2.75, 3.05) is 6.54 Å². The number of hydrogen-bond donors (Lipinski definition) is 3. The van der Waals surface area contributed by atoms with E-state index in [0.717, 1.165) is 5.56 Å². The van der Waals surface area contributed by atoms with E-state index in [4.69, 9.17) is 5.11 Å². The molecule has 0 saturated carbocycles. The lowest BCUT2D eigenvalue weighted by atomic mass is 10.0. The van der Waals surface area contributed by atoms with Gasteiger partial charge in [-0.05, 0) is 36.6 Å². The van der Waals surface area contributed by atoms with E-state index in [0.29, 0.717) is 35.0 Å². The molecule has 4 rings (SSSR count). The molecule has 2 heterocycles. The van der Waals surface area contributed by atoms with Crippen LogP contribution in [0, 0.1) is 0 Å². The topological polar surface area (TPSA) is 122 Å². The van der Waals surface area contributed by atoms with E-state index in [2.05, 4.69) is 10.3 Å². The lowest BCUT2D eigenvalue weighted by Crippen LogP contribution is -2.27. The highest BCUT2D eigenvalue weighted by Gasteiger charge is 2.20. The molecule has 0 aliphatic rings. The van der Waals surface area contributed by atoms with Crippen LogP contribution in [0.3, 0.4) is 0 Å². The van der Waals surface area contributed by atoms with Crippen molar-refractivity contribution in [3.8, 4) is 11.4 Å². The van der Waals surface area contributed by atoms with Crippen LogP contribution in [-0.2, 0) is 17.6 Å². The minimum Gasteiger partial charge on any atom is -0.505 e. The summed E-state index contributed by atoms with van der Waals surface area (Å²) in [5, 5.41) is 22.5. The van der Waals surface area contributed by atoms with E-state index in [1.807, 2.05) is 48.5 Å². The molecule has 0 fully saturated rings. The number of nitrogens with one attached hydrogen (secondary N) is 1. The van der Waals surface area contributed by atoms with Gasteiger partial charge in [-0.1, -0.05) is 48.5 Å². The summed E-state index contributed by atoms with van der Waals surface area (Å²) in [6.45, 7) is -0.0981. The van der Waals surface area contributed by atoms with Gasteiger partial charge in [0.15, 0.2) is 11.4 Å². The molecule has 2 aromatic carbocycles. The Morgan fingerprint density at radius 1 is 0.971 bits per heavy atom. The van der Waals surface area contributed by atoms with Gasteiger partial charge in [-0.2, -0.15) is 0 Å². The molecule has 0 aliphatic carbocycles. The van der Waals surface area contributed by atoms with E-state index in [9.17, 15) is 19.5 Å². The Bertz CT molecular complexity index is 1400. The fourth-order valence-corrected chi connectivity index (χ4v) is 3.78. The van der Waals surface area contributed by atoms with E-state index in [1.54, 1.807) is 18.2 Å². The van der Waals surface area contributed by atoms with Crippen molar-refractivity contribution >= 4 is 22.8 Å². The fourth-order valence-electron chi connectivity index (χ4n) is 3.78. The maximum atomic E-state index is 13.5. The first-order chi connectivity index (χ1) is 16.5. The number of aromatic nitrogens is 2. The molecule has 0 spiro atoms. The van der Waals surface area contributed by atoms with Crippen LogP contribution >= 0.6 is 0 Å². The molecule has 0 aliphatic heterocycles. The number of aliphatic carboxylic acids is 1. The number of amides is 1. The second-order valence-electron chi connectivity index (χ2n) is 7.79. The Morgan fingerprint density at radius 3 is 2.32 bits per heavy atom. The quantitative estimate of drug-likeness (QED) is 0.374. The number of carboxylic acids is 1. The van der Waals surface area contributed by atoms with Crippen molar-refractivity contribution in [3.05, 3.63) is 100 Å². The van der Waals surface area contributed by atoms with Crippen molar-refractivity contribution in [1.29, 1.82) is 0 Å². The summed E-state index contributed by atoms with van der Waals surface area (Å²) in [4.78, 5) is 40.8. The smallest absolute Gasteiger partial charge is 0.305 e. The Morgan fingerprint density at radius 2 is 1.65 bits per heavy atom. The predicted octanol–water partition coefficient (Wildman–Crippen LogP) is 3.08. The van der Waals surface area contributed by atoms with Gasteiger partial charge in [-0.3, -0.25) is 19.0 Å². The van der Waals surface area contributed by atoms with Gasteiger partial charge >= 0.3 is 5.97 Å². The van der Waals surface area contributed by atoms with Gasteiger partial charge in [0.1, 0.15) is 0 Å². The highest BCUT2D eigenvalue weighted by atomic mass is 16.4. The molecule has 8 heteroatoms. The molecular weight excluding hydrogens is 434 g/mol. The van der Waals surface area contributed by atoms with Crippen LogP contribution in [0.5, 0.6) is 5.75 Å². The first-order valence-electron chi connectivity index (χ1n) is 10.8. The number of para-hydroxylation sites is 1. The third-order valence-corrected chi connectivity index (χ3v) is 5.49. The summed E-state index contributed by atoms with van der Waals surface area (Å²) in [6, 6.07) is 20.4. The van der Waals surface area contributed by atoms with Gasteiger partial charge in [-0.25, -0.2) is 4.98 Å². The molecule has 4 aromatic rings. The third-order valence-electron chi connectivity index (χ3n) is 5.49. The lowest BCUT2D eigenvalue weighted by molar-refractivity contribution is -0.136. The number of rotatable bonds is 8. The maximum Gasteiger partial charge on any atom is 0.305 e. The molecule has 0 radical (unpaired) electrons. The molecule has 0 bridgehead atoms. The molecule has 0 atom stereocenters. The highest BCUT2D eigenvalue weighted by Crippen LogP contribution is 2.28. The van der Waals surface area contributed by atoms with Crippen LogP contribution in [0.4, 0.5) is 0 Å². The van der Waals surface area contributed by atoms with Crippen LogP contribution < -0.4 is 10.9 Å². The van der Waals surface area contributed by atoms with Gasteiger partial charge in [0.25, 0.3) is 11.5 Å². The van der Waals surface area contributed by atoms with Crippen LogP contribution in [0.25, 0.3) is 16.6 Å². The van der Waals surface area contributed by atoms with Crippen molar-refractivity contribution in [2.45, 2.75) is 19.3 Å². The number of aromatic hydroxyl groups is 1. The van der Waals surface area contributed by atoms with Crippen LogP contribution in [-0.4, -0.2) is 38.2 Å². The number of pyridine rings is 2. The summed E-state index contributed by atoms with van der Waals surface area (Å²) in [7, 11) is 0. The van der Waals surface area contributed by atoms with Crippen LogP contribution in [0.15, 0.2) is 77.7 Å². The van der Waals surface area contributed by atoms with E-state index >= 15 is 0 Å². The molecular formula is C26H23N3O5. The van der Waals surface area contributed by atoms with Gasteiger partial charge in [-0.15, -0.1) is 0 Å². The average molecular weight is 457 g/mol. The predicted molar refractivity (Wildman–Crippen MR) is 127 cm³/mol. The molecule has 34 heavy (non-hydrogen) atoms. The number of carbonyl (C=O) groups excluding carboxylic acids is 1. The number of aryl methyl sites for hydroxylation is 2. The number of fused-ring (bicyclic) bond motifs is 1. The van der Waals surface area contributed by atoms with Gasteiger partial charge in [0.05, 0.1) is 18.1 Å². The van der Waals surface area contributed by atoms with E-state index < -0.39 is 11.9 Å². The summed E-state index contributed by atoms with van der Waals surface area (Å²) < 4.78 is 1.48. The Labute approximate surface area is 195 Å². The number of carboxylic acid groups (broad SMARTS) is 1. The first-order valence-corrected chi connectivity index (χ1v) is 10.8. The molecule has 0 unspecified atom stereocenters. The summed E-state index contributed by atoms with van der Waals surface area (Å²) in [5.41, 5.74) is 2.07. The standard InChI is InChI=1S/C26H23N3O5/c30-22(31)13-14-27-25(33)23-24(32)20-15-18(12-11-17-7-3-1-4-8-17)26(34)29(21(20)16-28-23)19-9-5-2-6-10-19/h1-10,15-16,32H,11-14H2,(H,27,33)(H,30,31). The molecule has 8 nitrogen and oxygen atoms in total. The largest absolute Gasteiger partial charge is 0.505 e. The van der Waals surface area contributed by atoms with Gasteiger partial charge < -0.3 is 15.5 Å². The van der Waals surface area contributed by atoms with Crippen molar-refractivity contribution in [1.82, 2.24) is 14.9 Å². The molecule has 2 aromatic heterocycles. The Kier molecular flexibility index (Phi) is 6.68. The second-order valence-corrected chi connectivity index (χ2v) is 7.79. The average Bonchev–Trinajstić information content (AvgIpc) is 2.84. The first kappa shape index (κ1) is 22.7. The number of hydrogen-bond acceptors (Lipinski definition) is 5. The minimum atomic E-state index is -1.05.